The number of hydrogen-bond donors (Lipinski definition) is 0. The second-order valence-electron chi connectivity index (χ2n) is 5.67. The van der Waals surface area contributed by atoms with Crippen LogP contribution >= 0.6 is 0 Å². The van der Waals surface area contributed by atoms with Gasteiger partial charge in [-0.25, -0.2) is 0 Å². The fraction of sp³-hybridized carbons (Fsp3) is 0. The molecule has 126 valence electrons. The van der Waals surface area contributed by atoms with Crippen LogP contribution < -0.4 is 17.8 Å². The molecule has 0 aliphatic carbocycles. The van der Waals surface area contributed by atoms with E-state index in [1.54, 1.807) is 0 Å². The predicted molar refractivity (Wildman–Crippen MR) is 113 cm³/mol. The summed E-state index contributed by atoms with van der Waals surface area (Å²) in [7, 11) is 0. The van der Waals surface area contributed by atoms with Gasteiger partial charge < -0.3 is 0 Å². The number of pyridine rings is 1. The van der Waals surface area contributed by atoms with E-state index in [1.165, 1.54) is 23.4 Å². The summed E-state index contributed by atoms with van der Waals surface area (Å²) < 4.78 is 5.58. The van der Waals surface area contributed by atoms with Crippen molar-refractivity contribution in [3.05, 3.63) is 103 Å². The van der Waals surface area contributed by atoms with Crippen molar-refractivity contribution >= 4 is 47.8 Å². The van der Waals surface area contributed by atoms with Gasteiger partial charge in [-0.15, -0.1) is 0 Å². The van der Waals surface area contributed by atoms with Crippen LogP contribution in [0.4, 0.5) is 0 Å². The van der Waals surface area contributed by atoms with Crippen molar-refractivity contribution in [2.45, 2.75) is 0 Å². The number of rotatable bonds is 5. The monoisotopic (exact) mass is 467 g/mol. The molecule has 4 aromatic rings. The Hall–Kier alpha value is -2.15. The Labute approximate surface area is 166 Å². The van der Waals surface area contributed by atoms with E-state index in [0.29, 0.717) is 0 Å². The summed E-state index contributed by atoms with van der Waals surface area (Å²) in [4.78, 5) is 4.67. The number of benzene rings is 3. The Morgan fingerprint density at radius 1 is 0.500 bits per heavy atom. The first kappa shape index (κ1) is 17.3. The first-order chi connectivity index (χ1) is 12.9. The Kier molecular flexibility index (Phi) is 5.64. The Morgan fingerprint density at radius 2 is 1.04 bits per heavy atom. The van der Waals surface area contributed by atoms with Crippen LogP contribution in [0.25, 0.3) is 11.3 Å². The molecule has 0 radical (unpaired) electrons. The van der Waals surface area contributed by atoms with E-state index in [9.17, 15) is 0 Å². The molecule has 0 N–H and O–H groups in total. The molecule has 3 heteroatoms. The molecule has 1 nitrogen and oxygen atoms in total. The third-order valence-electron chi connectivity index (χ3n) is 3.85. The third-order valence-corrected chi connectivity index (χ3v) is 8.33. The zero-order valence-electron chi connectivity index (χ0n) is 14.1. The summed E-state index contributed by atoms with van der Waals surface area (Å²) in [5.41, 5.74) is 2.40. The number of nitrogens with zero attached hydrogens (tertiary/aromatic N) is 1. The Morgan fingerprint density at radius 3 is 1.54 bits per heavy atom. The second-order valence-corrected chi connectivity index (χ2v) is 10.4. The first-order valence-electron chi connectivity index (χ1n) is 8.40. The van der Waals surface area contributed by atoms with Crippen LogP contribution in [0.1, 0.15) is 0 Å². The molecule has 0 unspecified atom stereocenters. The van der Waals surface area contributed by atoms with E-state index >= 15 is 0 Å². The molecule has 0 atom stereocenters. The van der Waals surface area contributed by atoms with Crippen LogP contribution in [0, 0.1) is 0 Å². The molecule has 0 bridgehead atoms. The van der Waals surface area contributed by atoms with Gasteiger partial charge >= 0.3 is 167 Å². The summed E-state index contributed by atoms with van der Waals surface area (Å²) in [6.45, 7) is 0. The van der Waals surface area contributed by atoms with Gasteiger partial charge in [0.25, 0.3) is 0 Å². The SMILES string of the molecule is c1ccc([Se]c2cccc([Se]c3ccccc3)c2-c2ccccn2)cc1. The molecule has 1 aromatic heterocycles. The minimum atomic E-state index is 0.261. The van der Waals surface area contributed by atoms with Crippen molar-refractivity contribution in [3.8, 4) is 11.3 Å². The molecule has 4 rings (SSSR count). The quantitative estimate of drug-likeness (QED) is 0.412. The van der Waals surface area contributed by atoms with Crippen molar-refractivity contribution in [2.24, 2.45) is 0 Å². The Balaban J connectivity index is 1.79. The van der Waals surface area contributed by atoms with Crippen molar-refractivity contribution in [2.75, 3.05) is 0 Å². The standard InChI is InChI=1S/C23H17NSe2/c1-3-10-18(11-4-1)25-21-15-9-16-22(26-19-12-5-2-6-13-19)23(21)20-14-7-8-17-24-20/h1-17H. The topological polar surface area (TPSA) is 12.9 Å². The summed E-state index contributed by atoms with van der Waals surface area (Å²) >= 11 is 0.522. The van der Waals surface area contributed by atoms with Gasteiger partial charge in [0.2, 0.25) is 0 Å². The van der Waals surface area contributed by atoms with E-state index in [1.807, 2.05) is 12.3 Å². The average molecular weight is 465 g/mol. The average Bonchev–Trinajstić information content (AvgIpc) is 2.70. The van der Waals surface area contributed by atoms with Gasteiger partial charge in [-0.05, 0) is 0 Å². The van der Waals surface area contributed by atoms with E-state index < -0.39 is 0 Å². The maximum absolute atomic E-state index is 4.67. The van der Waals surface area contributed by atoms with Gasteiger partial charge in [-0.1, -0.05) is 0 Å². The molecule has 0 amide bonds. The van der Waals surface area contributed by atoms with Gasteiger partial charge in [0.05, 0.1) is 0 Å². The first-order valence-corrected chi connectivity index (χ1v) is 11.8. The van der Waals surface area contributed by atoms with Gasteiger partial charge in [0, 0.05) is 0 Å². The molecule has 0 aliphatic heterocycles. The fourth-order valence-corrected chi connectivity index (χ4v) is 7.24. The molecular weight excluding hydrogens is 448 g/mol. The van der Waals surface area contributed by atoms with Crippen LogP contribution in [0.15, 0.2) is 103 Å². The summed E-state index contributed by atoms with van der Waals surface area (Å²) in [6.07, 6.45) is 1.89. The van der Waals surface area contributed by atoms with Crippen molar-refractivity contribution < 1.29 is 0 Å². The Bertz CT molecular complexity index is 911. The molecule has 26 heavy (non-hydrogen) atoms. The summed E-state index contributed by atoms with van der Waals surface area (Å²) in [5.74, 6) is 0. The van der Waals surface area contributed by atoms with Crippen molar-refractivity contribution in [3.63, 3.8) is 0 Å². The summed E-state index contributed by atoms with van der Waals surface area (Å²) in [6, 6.07) is 34.4. The predicted octanol–water partition coefficient (Wildman–Crippen LogP) is 2.06. The second kappa shape index (κ2) is 8.49. The van der Waals surface area contributed by atoms with Crippen LogP contribution in [0.3, 0.4) is 0 Å². The molecule has 0 saturated carbocycles. The van der Waals surface area contributed by atoms with Crippen molar-refractivity contribution in [1.29, 1.82) is 0 Å². The van der Waals surface area contributed by atoms with Gasteiger partial charge in [-0.3, -0.25) is 0 Å². The van der Waals surface area contributed by atoms with E-state index in [-0.39, 0.29) is 29.9 Å². The fourth-order valence-electron chi connectivity index (χ4n) is 2.68. The van der Waals surface area contributed by atoms with Gasteiger partial charge in [0.15, 0.2) is 0 Å². The molecule has 0 fully saturated rings. The third kappa shape index (κ3) is 4.15. The van der Waals surface area contributed by atoms with Crippen LogP contribution in [-0.2, 0) is 0 Å². The van der Waals surface area contributed by atoms with Crippen LogP contribution in [0.5, 0.6) is 0 Å². The number of aromatic nitrogens is 1. The van der Waals surface area contributed by atoms with Crippen molar-refractivity contribution in [1.82, 2.24) is 4.98 Å². The van der Waals surface area contributed by atoms with E-state index in [4.69, 9.17) is 0 Å². The molecule has 1 heterocycles. The van der Waals surface area contributed by atoms with Gasteiger partial charge in [0.1, 0.15) is 0 Å². The molecule has 0 spiro atoms. The maximum atomic E-state index is 4.67. The normalized spacial score (nSPS) is 10.6. The number of hydrogen-bond acceptors (Lipinski definition) is 1. The molecule has 0 saturated heterocycles. The minimum absolute atomic E-state index is 0.261. The zero-order chi connectivity index (χ0) is 17.6. The molecule has 0 aliphatic rings. The molecular formula is C23H17NSe2. The summed E-state index contributed by atoms with van der Waals surface area (Å²) in [5, 5.41) is 0. The zero-order valence-corrected chi connectivity index (χ0v) is 17.5. The van der Waals surface area contributed by atoms with E-state index in [2.05, 4.69) is 96.0 Å². The van der Waals surface area contributed by atoms with Crippen LogP contribution in [-0.4, -0.2) is 34.9 Å². The van der Waals surface area contributed by atoms with E-state index in [0.717, 1.165) is 5.69 Å². The van der Waals surface area contributed by atoms with Crippen LogP contribution in [0.2, 0.25) is 0 Å². The molecule has 3 aromatic carbocycles. The van der Waals surface area contributed by atoms with Gasteiger partial charge in [-0.2, -0.15) is 0 Å².